The van der Waals surface area contributed by atoms with Gasteiger partial charge in [0.15, 0.2) is 0 Å². The number of aromatic amines is 1. The van der Waals surface area contributed by atoms with Gasteiger partial charge in [-0.25, -0.2) is 4.39 Å². The summed E-state index contributed by atoms with van der Waals surface area (Å²) in [4.78, 5) is 2.84. The van der Waals surface area contributed by atoms with E-state index >= 15 is 0 Å². The van der Waals surface area contributed by atoms with Crippen molar-refractivity contribution in [3.8, 4) is 0 Å². The molecule has 0 aliphatic carbocycles. The molecule has 1 heterocycles. The lowest BCUT2D eigenvalue weighted by Gasteiger charge is -1.97. The summed E-state index contributed by atoms with van der Waals surface area (Å²) in [6, 6.07) is 6.60. The molecule has 0 amide bonds. The quantitative estimate of drug-likeness (QED) is 0.692. The van der Waals surface area contributed by atoms with E-state index in [1.165, 1.54) is 6.07 Å². The number of para-hydroxylation sites is 1. The number of aliphatic hydroxyl groups excluding tert-OH is 1. The first-order valence-corrected chi connectivity index (χ1v) is 4.13. The lowest BCUT2D eigenvalue weighted by Crippen LogP contribution is -1.89. The minimum absolute atomic E-state index is 0.288. The van der Waals surface area contributed by atoms with E-state index < -0.39 is 6.10 Å². The molecule has 1 aromatic carbocycles. The number of hydrogen-bond acceptors (Lipinski definition) is 1. The SMILES string of the molecule is CC(O)c1cc2cccc(F)c2[nH]1. The number of aliphatic hydroxyl groups is 1. The molecule has 0 bridgehead atoms. The Hall–Kier alpha value is -1.35. The van der Waals surface area contributed by atoms with Crippen molar-refractivity contribution in [1.29, 1.82) is 0 Å². The maximum absolute atomic E-state index is 13.2. The van der Waals surface area contributed by atoms with Crippen LogP contribution < -0.4 is 0 Å². The van der Waals surface area contributed by atoms with Gasteiger partial charge < -0.3 is 10.1 Å². The molecule has 2 rings (SSSR count). The van der Waals surface area contributed by atoms with Crippen LogP contribution in [-0.4, -0.2) is 10.1 Å². The Labute approximate surface area is 75.0 Å². The molecule has 0 saturated carbocycles. The molecule has 0 aliphatic rings. The zero-order valence-electron chi connectivity index (χ0n) is 7.21. The predicted octanol–water partition coefficient (Wildman–Crippen LogP) is 2.36. The van der Waals surface area contributed by atoms with Gasteiger partial charge in [0.1, 0.15) is 5.82 Å². The number of fused-ring (bicyclic) bond motifs is 1. The fraction of sp³-hybridized carbons (Fsp3) is 0.200. The van der Waals surface area contributed by atoms with Crippen LogP contribution in [0.25, 0.3) is 10.9 Å². The van der Waals surface area contributed by atoms with Crippen molar-refractivity contribution in [3.63, 3.8) is 0 Å². The summed E-state index contributed by atoms with van der Waals surface area (Å²) in [5, 5.41) is 10.0. The number of halogens is 1. The zero-order valence-corrected chi connectivity index (χ0v) is 7.21. The van der Waals surface area contributed by atoms with Crippen LogP contribution in [-0.2, 0) is 0 Å². The third-order valence-corrected chi connectivity index (χ3v) is 2.08. The van der Waals surface area contributed by atoms with Gasteiger partial charge in [0.05, 0.1) is 11.6 Å². The fourth-order valence-corrected chi connectivity index (χ4v) is 1.37. The van der Waals surface area contributed by atoms with Crippen LogP contribution in [0.4, 0.5) is 4.39 Å². The topological polar surface area (TPSA) is 36.0 Å². The van der Waals surface area contributed by atoms with E-state index in [-0.39, 0.29) is 5.82 Å². The Kier molecular flexibility index (Phi) is 1.81. The molecule has 0 aliphatic heterocycles. The highest BCUT2D eigenvalue weighted by molar-refractivity contribution is 5.80. The van der Waals surface area contributed by atoms with E-state index in [2.05, 4.69) is 4.98 Å². The first-order chi connectivity index (χ1) is 6.18. The van der Waals surface area contributed by atoms with Gasteiger partial charge in [-0.3, -0.25) is 0 Å². The first kappa shape index (κ1) is 8.26. The number of rotatable bonds is 1. The summed E-state index contributed by atoms with van der Waals surface area (Å²) in [5.41, 5.74) is 1.10. The van der Waals surface area contributed by atoms with E-state index in [1.54, 1.807) is 25.1 Å². The second-order valence-corrected chi connectivity index (χ2v) is 3.10. The van der Waals surface area contributed by atoms with E-state index in [9.17, 15) is 9.50 Å². The Bertz CT molecular complexity index is 433. The van der Waals surface area contributed by atoms with Crippen LogP contribution in [0.1, 0.15) is 18.7 Å². The molecule has 0 saturated heterocycles. The van der Waals surface area contributed by atoms with Gasteiger partial charge in [-0.15, -0.1) is 0 Å². The highest BCUT2D eigenvalue weighted by Crippen LogP contribution is 2.21. The number of nitrogens with one attached hydrogen (secondary N) is 1. The molecule has 2 N–H and O–H groups in total. The lowest BCUT2D eigenvalue weighted by atomic mass is 10.2. The molecular weight excluding hydrogens is 169 g/mol. The largest absolute Gasteiger partial charge is 0.387 e. The predicted molar refractivity (Wildman–Crippen MR) is 48.9 cm³/mol. The minimum atomic E-state index is -0.591. The van der Waals surface area contributed by atoms with E-state index in [4.69, 9.17) is 0 Å². The van der Waals surface area contributed by atoms with E-state index in [1.807, 2.05) is 0 Å². The third kappa shape index (κ3) is 1.31. The number of hydrogen-bond donors (Lipinski definition) is 2. The van der Waals surface area contributed by atoms with Gasteiger partial charge in [0.25, 0.3) is 0 Å². The Morgan fingerprint density at radius 3 is 2.85 bits per heavy atom. The van der Waals surface area contributed by atoms with Crippen molar-refractivity contribution in [2.45, 2.75) is 13.0 Å². The van der Waals surface area contributed by atoms with Gasteiger partial charge in [0.2, 0.25) is 0 Å². The smallest absolute Gasteiger partial charge is 0.147 e. The molecule has 0 radical (unpaired) electrons. The molecular formula is C10H10FNO. The van der Waals surface area contributed by atoms with Crippen LogP contribution in [0.2, 0.25) is 0 Å². The molecule has 2 nitrogen and oxygen atoms in total. The maximum atomic E-state index is 13.2. The van der Waals surface area contributed by atoms with Gasteiger partial charge >= 0.3 is 0 Å². The number of aromatic nitrogens is 1. The molecule has 1 atom stereocenters. The Morgan fingerprint density at radius 1 is 1.46 bits per heavy atom. The summed E-state index contributed by atoms with van der Waals surface area (Å²) >= 11 is 0. The second kappa shape index (κ2) is 2.85. The van der Waals surface area contributed by atoms with Crippen molar-refractivity contribution in [2.24, 2.45) is 0 Å². The highest BCUT2D eigenvalue weighted by atomic mass is 19.1. The average Bonchev–Trinajstić information content (AvgIpc) is 2.49. The molecule has 68 valence electrons. The van der Waals surface area contributed by atoms with Crippen molar-refractivity contribution in [1.82, 2.24) is 4.98 Å². The van der Waals surface area contributed by atoms with Crippen molar-refractivity contribution >= 4 is 10.9 Å². The molecule has 1 aromatic heterocycles. The Balaban J connectivity index is 2.68. The molecule has 0 fully saturated rings. The Morgan fingerprint density at radius 2 is 2.23 bits per heavy atom. The van der Waals surface area contributed by atoms with Gasteiger partial charge in [-0.05, 0) is 19.1 Å². The highest BCUT2D eigenvalue weighted by Gasteiger charge is 2.07. The van der Waals surface area contributed by atoms with E-state index in [0.717, 1.165) is 5.39 Å². The molecule has 13 heavy (non-hydrogen) atoms. The normalized spacial score (nSPS) is 13.5. The van der Waals surface area contributed by atoms with Gasteiger partial charge in [-0.1, -0.05) is 12.1 Å². The van der Waals surface area contributed by atoms with E-state index in [0.29, 0.717) is 11.2 Å². The molecule has 2 aromatic rings. The van der Waals surface area contributed by atoms with Crippen LogP contribution in [0.3, 0.4) is 0 Å². The number of benzene rings is 1. The van der Waals surface area contributed by atoms with Crippen molar-refractivity contribution in [2.75, 3.05) is 0 Å². The summed E-state index contributed by atoms with van der Waals surface area (Å²) in [6.45, 7) is 1.64. The monoisotopic (exact) mass is 179 g/mol. The third-order valence-electron chi connectivity index (χ3n) is 2.08. The van der Waals surface area contributed by atoms with Gasteiger partial charge in [-0.2, -0.15) is 0 Å². The van der Waals surface area contributed by atoms with Crippen LogP contribution >= 0.6 is 0 Å². The molecule has 3 heteroatoms. The van der Waals surface area contributed by atoms with Crippen LogP contribution in [0.5, 0.6) is 0 Å². The van der Waals surface area contributed by atoms with Crippen LogP contribution in [0, 0.1) is 5.82 Å². The maximum Gasteiger partial charge on any atom is 0.147 e. The number of H-pyrrole nitrogens is 1. The van der Waals surface area contributed by atoms with Crippen molar-refractivity contribution in [3.05, 3.63) is 35.8 Å². The summed E-state index contributed by atoms with van der Waals surface area (Å²) in [7, 11) is 0. The average molecular weight is 179 g/mol. The summed E-state index contributed by atoms with van der Waals surface area (Å²) in [6.07, 6.45) is -0.591. The molecule has 1 unspecified atom stereocenters. The van der Waals surface area contributed by atoms with Gasteiger partial charge in [0, 0.05) is 11.1 Å². The minimum Gasteiger partial charge on any atom is -0.387 e. The lowest BCUT2D eigenvalue weighted by molar-refractivity contribution is 0.195. The fourth-order valence-electron chi connectivity index (χ4n) is 1.37. The second-order valence-electron chi connectivity index (χ2n) is 3.10. The summed E-state index contributed by atoms with van der Waals surface area (Å²) in [5.74, 6) is -0.288. The molecule has 0 spiro atoms. The zero-order chi connectivity index (χ0) is 9.42. The summed E-state index contributed by atoms with van der Waals surface area (Å²) < 4.78 is 13.2. The van der Waals surface area contributed by atoms with Crippen LogP contribution in [0.15, 0.2) is 24.3 Å². The standard InChI is InChI=1S/C10H10FNO/c1-6(13)9-5-7-3-2-4-8(11)10(7)12-9/h2-6,12-13H,1H3. The first-order valence-electron chi connectivity index (χ1n) is 4.13. The van der Waals surface area contributed by atoms with Crippen molar-refractivity contribution < 1.29 is 9.50 Å².